The van der Waals surface area contributed by atoms with Crippen molar-refractivity contribution in [3.05, 3.63) is 95.4 Å². The number of amides is 1. The highest BCUT2D eigenvalue weighted by molar-refractivity contribution is 7.13. The number of hydrogen-bond donors (Lipinski definition) is 3. The SMILES string of the molecule is COC.COc1ccc(NCc2ccc(/C=C/C(=O)Nc3cc(-c4cccs4)ccc3N)cc2)cc1OC. The molecule has 7 nitrogen and oxygen atoms in total. The number of ether oxygens (including phenoxy) is 3. The number of thiophene rings is 1. The first-order valence-electron chi connectivity index (χ1n) is 11.8. The second kappa shape index (κ2) is 14.5. The quantitative estimate of drug-likeness (QED) is 0.168. The first-order chi connectivity index (χ1) is 18.5. The van der Waals surface area contributed by atoms with Gasteiger partial charge in [-0.2, -0.15) is 0 Å². The summed E-state index contributed by atoms with van der Waals surface area (Å²) in [5.74, 6) is 1.13. The first-order valence-corrected chi connectivity index (χ1v) is 12.7. The second-order valence-electron chi connectivity index (χ2n) is 8.18. The van der Waals surface area contributed by atoms with Crippen molar-refractivity contribution < 1.29 is 19.0 Å². The average molecular weight is 532 g/mol. The molecule has 0 fully saturated rings. The number of methoxy groups -OCH3 is 3. The molecular weight excluding hydrogens is 498 g/mol. The van der Waals surface area contributed by atoms with Gasteiger partial charge in [-0.25, -0.2) is 0 Å². The molecule has 0 unspecified atom stereocenters. The molecule has 0 atom stereocenters. The van der Waals surface area contributed by atoms with Gasteiger partial charge in [-0.05, 0) is 58.5 Å². The van der Waals surface area contributed by atoms with Gasteiger partial charge >= 0.3 is 0 Å². The van der Waals surface area contributed by atoms with E-state index in [-0.39, 0.29) is 5.91 Å². The topological polar surface area (TPSA) is 94.8 Å². The van der Waals surface area contributed by atoms with E-state index in [0.717, 1.165) is 27.3 Å². The molecule has 0 aliphatic heterocycles. The zero-order chi connectivity index (χ0) is 27.3. The van der Waals surface area contributed by atoms with Gasteiger partial charge in [0.2, 0.25) is 5.91 Å². The Kier molecular flexibility index (Phi) is 10.8. The van der Waals surface area contributed by atoms with Gasteiger partial charge in [-0.3, -0.25) is 4.79 Å². The summed E-state index contributed by atoms with van der Waals surface area (Å²) in [4.78, 5) is 13.6. The third-order valence-electron chi connectivity index (χ3n) is 5.40. The molecule has 198 valence electrons. The number of nitrogen functional groups attached to an aromatic ring is 1. The van der Waals surface area contributed by atoms with Crippen molar-refractivity contribution in [3.8, 4) is 21.9 Å². The van der Waals surface area contributed by atoms with Gasteiger partial charge in [0.05, 0.1) is 25.6 Å². The molecule has 3 aromatic carbocycles. The average Bonchev–Trinajstić information content (AvgIpc) is 3.48. The molecule has 0 aliphatic rings. The fourth-order valence-corrected chi connectivity index (χ4v) is 4.23. The predicted octanol–water partition coefficient (Wildman–Crippen LogP) is 6.54. The molecule has 38 heavy (non-hydrogen) atoms. The van der Waals surface area contributed by atoms with Crippen LogP contribution in [0.25, 0.3) is 16.5 Å². The molecule has 8 heteroatoms. The highest BCUT2D eigenvalue weighted by Gasteiger charge is 2.07. The van der Waals surface area contributed by atoms with Crippen molar-refractivity contribution in [1.29, 1.82) is 0 Å². The Morgan fingerprint density at radius 2 is 1.66 bits per heavy atom. The molecule has 0 saturated heterocycles. The van der Waals surface area contributed by atoms with E-state index in [1.165, 1.54) is 6.08 Å². The van der Waals surface area contributed by atoms with Gasteiger partial charge in [0.15, 0.2) is 11.5 Å². The molecule has 0 aliphatic carbocycles. The van der Waals surface area contributed by atoms with E-state index in [0.29, 0.717) is 29.4 Å². The number of hydrogen-bond acceptors (Lipinski definition) is 7. The lowest BCUT2D eigenvalue weighted by Crippen LogP contribution is -2.09. The molecule has 0 spiro atoms. The van der Waals surface area contributed by atoms with Crippen LogP contribution < -0.4 is 25.8 Å². The number of nitrogens with two attached hydrogens (primary N) is 1. The molecule has 0 saturated carbocycles. The van der Waals surface area contributed by atoms with Crippen LogP contribution in [-0.4, -0.2) is 34.3 Å². The van der Waals surface area contributed by atoms with Crippen molar-refractivity contribution in [2.75, 3.05) is 44.8 Å². The van der Waals surface area contributed by atoms with Crippen molar-refractivity contribution >= 4 is 40.4 Å². The summed E-state index contributed by atoms with van der Waals surface area (Å²) >= 11 is 1.64. The minimum absolute atomic E-state index is 0.237. The molecule has 4 N–H and O–H groups in total. The maximum Gasteiger partial charge on any atom is 0.248 e. The van der Waals surface area contributed by atoms with Crippen LogP contribution in [0.15, 0.2) is 84.3 Å². The van der Waals surface area contributed by atoms with E-state index in [9.17, 15) is 4.79 Å². The third-order valence-corrected chi connectivity index (χ3v) is 6.32. The summed E-state index contributed by atoms with van der Waals surface area (Å²) in [5, 5.41) is 8.27. The number of nitrogens with one attached hydrogen (secondary N) is 2. The Hall–Kier alpha value is -4.27. The Labute approximate surface area is 227 Å². The van der Waals surface area contributed by atoms with Gasteiger partial charge in [-0.1, -0.05) is 36.4 Å². The van der Waals surface area contributed by atoms with Crippen molar-refractivity contribution in [2.45, 2.75) is 6.54 Å². The van der Waals surface area contributed by atoms with Crippen LogP contribution in [0.3, 0.4) is 0 Å². The van der Waals surface area contributed by atoms with Crippen molar-refractivity contribution in [3.63, 3.8) is 0 Å². The fourth-order valence-electron chi connectivity index (χ4n) is 3.50. The van der Waals surface area contributed by atoms with E-state index in [1.807, 2.05) is 78.2 Å². The Balaban J connectivity index is 0.00000127. The van der Waals surface area contributed by atoms with Crippen molar-refractivity contribution in [2.24, 2.45) is 0 Å². The molecule has 4 rings (SSSR count). The number of carbonyl (C=O) groups excluding carboxylic acids is 1. The van der Waals surface area contributed by atoms with Gasteiger partial charge in [0.1, 0.15) is 0 Å². The van der Waals surface area contributed by atoms with Gasteiger partial charge < -0.3 is 30.6 Å². The Morgan fingerprint density at radius 3 is 2.32 bits per heavy atom. The monoisotopic (exact) mass is 531 g/mol. The van der Waals surface area contributed by atoms with Crippen LogP contribution >= 0.6 is 11.3 Å². The zero-order valence-corrected chi connectivity index (χ0v) is 22.8. The lowest BCUT2D eigenvalue weighted by molar-refractivity contribution is -0.111. The normalized spacial score (nSPS) is 10.4. The summed E-state index contributed by atoms with van der Waals surface area (Å²) in [6, 6.07) is 23.4. The summed E-state index contributed by atoms with van der Waals surface area (Å²) < 4.78 is 14.9. The highest BCUT2D eigenvalue weighted by Crippen LogP contribution is 2.31. The van der Waals surface area contributed by atoms with Crippen LogP contribution in [0.4, 0.5) is 17.1 Å². The number of benzene rings is 3. The van der Waals surface area contributed by atoms with Crippen LogP contribution in [-0.2, 0) is 16.1 Å². The van der Waals surface area contributed by atoms with E-state index < -0.39 is 0 Å². The Bertz CT molecular complexity index is 1340. The predicted molar refractivity (Wildman–Crippen MR) is 158 cm³/mol. The summed E-state index contributed by atoms with van der Waals surface area (Å²) in [6.45, 7) is 0.653. The van der Waals surface area contributed by atoms with Crippen LogP contribution in [0.1, 0.15) is 11.1 Å². The molecule has 1 heterocycles. The molecular formula is C30H33N3O4S. The lowest BCUT2D eigenvalue weighted by atomic mass is 10.1. The molecule has 0 radical (unpaired) electrons. The van der Waals surface area contributed by atoms with E-state index in [2.05, 4.69) is 15.4 Å². The maximum atomic E-state index is 12.5. The third kappa shape index (κ3) is 8.12. The lowest BCUT2D eigenvalue weighted by Gasteiger charge is -2.11. The smallest absolute Gasteiger partial charge is 0.248 e. The number of carbonyl (C=O) groups is 1. The molecule has 1 amide bonds. The van der Waals surface area contributed by atoms with Gasteiger partial charge in [0, 0.05) is 43.5 Å². The molecule has 4 aromatic rings. The van der Waals surface area contributed by atoms with Gasteiger partial charge in [-0.15, -0.1) is 11.3 Å². The van der Waals surface area contributed by atoms with Gasteiger partial charge in [0.25, 0.3) is 0 Å². The Morgan fingerprint density at radius 1 is 0.921 bits per heavy atom. The molecule has 0 bridgehead atoms. The zero-order valence-electron chi connectivity index (χ0n) is 22.0. The highest BCUT2D eigenvalue weighted by atomic mass is 32.1. The van der Waals surface area contributed by atoms with Crippen LogP contribution in [0.2, 0.25) is 0 Å². The number of anilines is 3. The van der Waals surface area contributed by atoms with Crippen LogP contribution in [0.5, 0.6) is 11.5 Å². The molecule has 1 aromatic heterocycles. The summed E-state index contributed by atoms with van der Waals surface area (Å²) in [7, 11) is 6.48. The maximum absolute atomic E-state index is 12.5. The fraction of sp³-hybridized carbons (Fsp3) is 0.167. The van der Waals surface area contributed by atoms with E-state index in [1.54, 1.807) is 45.9 Å². The minimum Gasteiger partial charge on any atom is -0.493 e. The minimum atomic E-state index is -0.237. The summed E-state index contributed by atoms with van der Waals surface area (Å²) in [5.41, 5.74) is 11.2. The van der Waals surface area contributed by atoms with Crippen LogP contribution in [0, 0.1) is 0 Å². The van der Waals surface area contributed by atoms with E-state index >= 15 is 0 Å². The number of rotatable bonds is 9. The standard InChI is InChI=1S/C28H27N3O3S.C2H6O/c1-33-25-13-11-22(17-26(25)34-2)30-18-20-7-5-19(6-8-20)9-14-28(32)31-24-16-21(10-12-23(24)29)27-4-3-15-35-27;1-3-2/h3-17,30H,18,29H2,1-2H3,(H,31,32);1-2H3/b14-9+;. The van der Waals surface area contributed by atoms with E-state index in [4.69, 9.17) is 15.2 Å². The second-order valence-corrected chi connectivity index (χ2v) is 9.12. The largest absolute Gasteiger partial charge is 0.493 e. The van der Waals surface area contributed by atoms with Crippen molar-refractivity contribution in [1.82, 2.24) is 0 Å². The summed E-state index contributed by atoms with van der Waals surface area (Å²) in [6.07, 6.45) is 3.29. The first kappa shape index (κ1) is 28.3.